The third kappa shape index (κ3) is 2.68. The van der Waals surface area contributed by atoms with E-state index >= 15 is 0 Å². The predicted molar refractivity (Wildman–Crippen MR) is 50.7 cm³/mol. The summed E-state index contributed by atoms with van der Waals surface area (Å²) in [5, 5.41) is 1.12. The topological polar surface area (TPSA) is 12.9 Å². The monoisotopic (exact) mass is 165 g/mol. The molecule has 11 heavy (non-hydrogen) atoms. The first-order valence-corrected chi connectivity index (χ1v) is 4.36. The molecule has 0 fully saturated rings. The van der Waals surface area contributed by atoms with Crippen molar-refractivity contribution in [2.45, 2.75) is 13.8 Å². The van der Waals surface area contributed by atoms with Gasteiger partial charge in [-0.3, -0.25) is 0 Å². The third-order valence-electron chi connectivity index (χ3n) is 1.20. The zero-order valence-corrected chi connectivity index (χ0v) is 7.56. The molecule has 0 aromatic carbocycles. The van der Waals surface area contributed by atoms with Crippen molar-refractivity contribution in [3.8, 4) is 0 Å². The number of thiazole rings is 1. The molecule has 0 N–H and O–H groups in total. The van der Waals surface area contributed by atoms with E-state index in [0.29, 0.717) is 0 Å². The lowest BCUT2D eigenvalue weighted by Gasteiger charge is -1.77. The molecule has 2 heteroatoms. The number of hydrogen-bond acceptors (Lipinski definition) is 2. The van der Waals surface area contributed by atoms with E-state index in [1.165, 1.54) is 4.88 Å². The molecule has 1 heterocycles. The van der Waals surface area contributed by atoms with Crippen LogP contribution in [0.25, 0.3) is 6.08 Å². The van der Waals surface area contributed by atoms with Crippen molar-refractivity contribution in [3.05, 3.63) is 34.3 Å². The Morgan fingerprint density at radius 1 is 1.45 bits per heavy atom. The lowest BCUT2D eigenvalue weighted by atomic mass is 10.4. The third-order valence-corrected chi connectivity index (χ3v) is 2.08. The molecule has 0 spiro atoms. The summed E-state index contributed by atoms with van der Waals surface area (Å²) in [5.74, 6) is 0. The highest BCUT2D eigenvalue weighted by Crippen LogP contribution is 2.12. The summed E-state index contributed by atoms with van der Waals surface area (Å²) in [6, 6.07) is 0. The van der Waals surface area contributed by atoms with Crippen molar-refractivity contribution >= 4 is 17.4 Å². The Balaban J connectivity index is 2.64. The second-order valence-corrected chi connectivity index (χ2v) is 3.43. The largest absolute Gasteiger partial charge is 0.249 e. The highest BCUT2D eigenvalue weighted by atomic mass is 32.1. The van der Waals surface area contributed by atoms with Gasteiger partial charge in [0.25, 0.3) is 0 Å². The highest BCUT2D eigenvalue weighted by Gasteiger charge is 1.90. The smallest absolute Gasteiger partial charge is 0.0900 e. The van der Waals surface area contributed by atoms with Crippen molar-refractivity contribution < 1.29 is 0 Å². The molecule has 0 amide bonds. The molecule has 0 radical (unpaired) electrons. The Morgan fingerprint density at radius 2 is 2.27 bits per heavy atom. The van der Waals surface area contributed by atoms with Gasteiger partial charge in [-0.25, -0.2) is 4.98 Å². The van der Waals surface area contributed by atoms with Crippen molar-refractivity contribution in [2.24, 2.45) is 0 Å². The van der Waals surface area contributed by atoms with Gasteiger partial charge in [-0.1, -0.05) is 18.2 Å². The van der Waals surface area contributed by atoms with E-state index in [0.717, 1.165) is 5.01 Å². The van der Waals surface area contributed by atoms with E-state index in [2.05, 4.69) is 11.1 Å². The number of nitrogens with zero attached hydrogens (tertiary/aromatic N) is 1. The van der Waals surface area contributed by atoms with E-state index in [9.17, 15) is 0 Å². The quantitative estimate of drug-likeness (QED) is 0.614. The molecule has 1 aromatic heterocycles. The van der Waals surface area contributed by atoms with Crippen LogP contribution in [0, 0.1) is 6.92 Å². The Labute approximate surface area is 71.1 Å². The number of rotatable bonds is 2. The Hall–Kier alpha value is -0.890. The van der Waals surface area contributed by atoms with E-state index in [-0.39, 0.29) is 0 Å². The summed E-state index contributed by atoms with van der Waals surface area (Å²) in [5.41, 5.74) is 0. The van der Waals surface area contributed by atoms with Crippen LogP contribution in [0.1, 0.15) is 16.8 Å². The second-order valence-electron chi connectivity index (χ2n) is 2.17. The average molecular weight is 165 g/mol. The maximum atomic E-state index is 4.14. The lowest BCUT2D eigenvalue weighted by molar-refractivity contribution is 1.30. The number of aromatic nitrogens is 1. The molecule has 1 aromatic rings. The predicted octanol–water partition coefficient (Wildman–Crippen LogP) is 3.04. The van der Waals surface area contributed by atoms with Crippen LogP contribution in [0.2, 0.25) is 0 Å². The molecule has 0 aliphatic rings. The molecule has 1 rings (SSSR count). The average Bonchev–Trinajstić information content (AvgIpc) is 2.37. The minimum Gasteiger partial charge on any atom is -0.249 e. The van der Waals surface area contributed by atoms with Gasteiger partial charge in [0.1, 0.15) is 0 Å². The Kier molecular flexibility index (Phi) is 3.05. The van der Waals surface area contributed by atoms with Crippen molar-refractivity contribution in [1.29, 1.82) is 0 Å². The molecule has 0 aliphatic heterocycles. The Bertz CT molecular complexity index is 271. The fourth-order valence-corrected chi connectivity index (χ4v) is 1.41. The van der Waals surface area contributed by atoms with Crippen molar-refractivity contribution in [1.82, 2.24) is 4.98 Å². The first kappa shape index (κ1) is 8.21. The second kappa shape index (κ2) is 4.09. The van der Waals surface area contributed by atoms with Gasteiger partial charge >= 0.3 is 0 Å². The van der Waals surface area contributed by atoms with Gasteiger partial charge in [0.2, 0.25) is 0 Å². The fraction of sp³-hybridized carbons (Fsp3) is 0.222. The standard InChI is InChI=1S/C9H11NS/c1-3-4-5-6-9-7-10-8(2)11-9/h3-7H,1-2H3/b4-3-,6-5-. The van der Waals surface area contributed by atoms with Crippen molar-refractivity contribution in [3.63, 3.8) is 0 Å². The molecule has 0 aliphatic carbocycles. The summed E-state index contributed by atoms with van der Waals surface area (Å²) >= 11 is 1.71. The minimum absolute atomic E-state index is 1.12. The summed E-state index contributed by atoms with van der Waals surface area (Å²) < 4.78 is 0. The zero-order chi connectivity index (χ0) is 8.10. The molecule has 0 saturated carbocycles. The van der Waals surface area contributed by atoms with Gasteiger partial charge in [0.15, 0.2) is 0 Å². The summed E-state index contributed by atoms with van der Waals surface area (Å²) in [7, 11) is 0. The number of aryl methyl sites for hydroxylation is 1. The first-order chi connectivity index (χ1) is 5.33. The molecule has 0 saturated heterocycles. The van der Waals surface area contributed by atoms with Crippen LogP contribution in [0.4, 0.5) is 0 Å². The maximum Gasteiger partial charge on any atom is 0.0900 e. The van der Waals surface area contributed by atoms with E-state index in [4.69, 9.17) is 0 Å². The van der Waals surface area contributed by atoms with Crippen LogP contribution in [0.15, 0.2) is 24.4 Å². The normalized spacial score (nSPS) is 11.8. The van der Waals surface area contributed by atoms with Crippen LogP contribution in [0.5, 0.6) is 0 Å². The van der Waals surface area contributed by atoms with Crippen molar-refractivity contribution in [2.75, 3.05) is 0 Å². The van der Waals surface area contributed by atoms with Gasteiger partial charge in [0, 0.05) is 11.1 Å². The number of allylic oxidation sites excluding steroid dienone is 3. The van der Waals surface area contributed by atoms with Gasteiger partial charge in [0.05, 0.1) is 5.01 Å². The zero-order valence-electron chi connectivity index (χ0n) is 6.74. The number of hydrogen-bond donors (Lipinski definition) is 0. The molecule has 0 atom stereocenters. The summed E-state index contributed by atoms with van der Waals surface area (Å²) in [4.78, 5) is 5.35. The maximum absolute atomic E-state index is 4.14. The van der Waals surface area contributed by atoms with Gasteiger partial charge in [-0.2, -0.15) is 0 Å². The molecule has 0 unspecified atom stereocenters. The van der Waals surface area contributed by atoms with E-state index in [1.807, 2.05) is 38.3 Å². The van der Waals surface area contributed by atoms with E-state index < -0.39 is 0 Å². The summed E-state index contributed by atoms with van der Waals surface area (Å²) in [6.45, 7) is 4.01. The van der Waals surface area contributed by atoms with Crippen LogP contribution in [-0.4, -0.2) is 4.98 Å². The molecular weight excluding hydrogens is 154 g/mol. The van der Waals surface area contributed by atoms with Crippen LogP contribution < -0.4 is 0 Å². The van der Waals surface area contributed by atoms with Gasteiger partial charge in [-0.05, 0) is 19.9 Å². The molecule has 58 valence electrons. The molecule has 0 bridgehead atoms. The lowest BCUT2D eigenvalue weighted by Crippen LogP contribution is -1.57. The van der Waals surface area contributed by atoms with Gasteiger partial charge in [-0.15, -0.1) is 11.3 Å². The first-order valence-electron chi connectivity index (χ1n) is 3.54. The fourth-order valence-electron chi connectivity index (χ4n) is 0.716. The SMILES string of the molecule is C/C=C\C=C/c1cnc(C)s1. The Morgan fingerprint density at radius 3 is 2.82 bits per heavy atom. The van der Waals surface area contributed by atoms with Gasteiger partial charge < -0.3 is 0 Å². The van der Waals surface area contributed by atoms with Crippen LogP contribution >= 0.6 is 11.3 Å². The highest BCUT2D eigenvalue weighted by molar-refractivity contribution is 7.12. The summed E-state index contributed by atoms with van der Waals surface area (Å²) in [6.07, 6.45) is 9.98. The molecule has 1 nitrogen and oxygen atoms in total. The molecular formula is C9H11NS. The minimum atomic E-state index is 1.12. The van der Waals surface area contributed by atoms with Crippen LogP contribution in [-0.2, 0) is 0 Å². The van der Waals surface area contributed by atoms with E-state index in [1.54, 1.807) is 11.3 Å². The van der Waals surface area contributed by atoms with Crippen LogP contribution in [0.3, 0.4) is 0 Å².